The first-order chi connectivity index (χ1) is 14.1. The van der Waals surface area contributed by atoms with Crippen LogP contribution in [0.3, 0.4) is 0 Å². The third-order valence-corrected chi connectivity index (χ3v) is 4.61. The van der Waals surface area contributed by atoms with Crippen LogP contribution in [0, 0.1) is 0 Å². The summed E-state index contributed by atoms with van der Waals surface area (Å²) in [4.78, 5) is 39.5. The molecule has 2 aromatic heterocycles. The van der Waals surface area contributed by atoms with Gasteiger partial charge in [-0.1, -0.05) is 36.4 Å². The lowest BCUT2D eigenvalue weighted by Crippen LogP contribution is -2.40. The highest BCUT2D eigenvalue weighted by molar-refractivity contribution is 5.78. The van der Waals surface area contributed by atoms with E-state index in [0.29, 0.717) is 24.0 Å². The number of hydrogen-bond acceptors (Lipinski definition) is 4. The van der Waals surface area contributed by atoms with E-state index in [0.717, 1.165) is 15.7 Å². The fraction of sp³-hybridized carbons (Fsp3) is 0.143. The van der Waals surface area contributed by atoms with Gasteiger partial charge in [0, 0.05) is 18.9 Å². The van der Waals surface area contributed by atoms with Gasteiger partial charge in [0.2, 0.25) is 5.91 Å². The van der Waals surface area contributed by atoms with Gasteiger partial charge in [-0.05, 0) is 29.3 Å². The van der Waals surface area contributed by atoms with Crippen molar-refractivity contribution in [2.24, 2.45) is 0 Å². The molecule has 0 aliphatic heterocycles. The van der Waals surface area contributed by atoms with Crippen LogP contribution in [0.2, 0.25) is 0 Å². The van der Waals surface area contributed by atoms with E-state index in [1.54, 1.807) is 30.5 Å². The molecule has 146 valence electrons. The second-order valence-corrected chi connectivity index (χ2v) is 6.66. The average molecular weight is 389 g/mol. The van der Waals surface area contributed by atoms with E-state index in [-0.39, 0.29) is 6.54 Å². The molecule has 2 heterocycles. The zero-order valence-electron chi connectivity index (χ0n) is 15.5. The Morgan fingerprint density at radius 1 is 1.00 bits per heavy atom. The summed E-state index contributed by atoms with van der Waals surface area (Å²) < 4.78 is 2.74. The van der Waals surface area contributed by atoms with Crippen LogP contribution in [0.1, 0.15) is 11.1 Å². The number of fused-ring (bicyclic) bond motifs is 1. The predicted octanol–water partition coefficient (Wildman–Crippen LogP) is 1.25. The minimum absolute atomic E-state index is 0.307. The van der Waals surface area contributed by atoms with Crippen molar-refractivity contribution in [3.05, 3.63) is 99.0 Å². The predicted molar refractivity (Wildman–Crippen MR) is 108 cm³/mol. The van der Waals surface area contributed by atoms with Gasteiger partial charge in [0.05, 0.1) is 17.4 Å². The molecule has 29 heavy (non-hydrogen) atoms. The Labute approximate surface area is 165 Å². The Balaban J connectivity index is 1.40. The highest BCUT2D eigenvalue weighted by atomic mass is 16.2. The molecule has 0 unspecified atom stereocenters. The molecular weight excluding hydrogens is 370 g/mol. The molecule has 0 aliphatic carbocycles. The van der Waals surface area contributed by atoms with E-state index >= 15 is 0 Å². The van der Waals surface area contributed by atoms with Crippen LogP contribution in [-0.2, 0) is 24.4 Å². The lowest BCUT2D eigenvalue weighted by molar-refractivity contribution is -0.121. The maximum atomic E-state index is 12.5. The van der Waals surface area contributed by atoms with E-state index in [2.05, 4.69) is 15.4 Å². The van der Waals surface area contributed by atoms with Crippen molar-refractivity contribution in [3.63, 3.8) is 0 Å². The molecule has 0 radical (unpaired) electrons. The molecule has 0 aliphatic rings. The number of aromatic amines is 1. The zero-order valence-corrected chi connectivity index (χ0v) is 15.5. The first-order valence-corrected chi connectivity index (χ1v) is 9.14. The monoisotopic (exact) mass is 389 g/mol. The van der Waals surface area contributed by atoms with Gasteiger partial charge in [0.1, 0.15) is 6.54 Å². The molecule has 0 saturated heterocycles. The Hall–Kier alpha value is -3.94. The minimum Gasteiger partial charge on any atom is -0.350 e. The van der Waals surface area contributed by atoms with Crippen molar-refractivity contribution in [1.29, 1.82) is 0 Å². The SMILES string of the molecule is O=C(Cn1c(=O)[nH]c2ccccc2c1=O)NCc1ccc(Cn2cccn2)cc1. The van der Waals surface area contributed by atoms with Crippen LogP contribution >= 0.6 is 0 Å². The first-order valence-electron chi connectivity index (χ1n) is 9.14. The van der Waals surface area contributed by atoms with E-state index in [9.17, 15) is 14.4 Å². The summed E-state index contributed by atoms with van der Waals surface area (Å²) in [6.07, 6.45) is 3.63. The van der Waals surface area contributed by atoms with Crippen LogP contribution in [0.25, 0.3) is 10.9 Å². The van der Waals surface area contributed by atoms with Gasteiger partial charge >= 0.3 is 5.69 Å². The molecule has 0 spiro atoms. The number of aromatic nitrogens is 4. The minimum atomic E-state index is -0.605. The molecule has 4 aromatic rings. The number of nitrogens with zero attached hydrogens (tertiary/aromatic N) is 3. The molecule has 8 nitrogen and oxygen atoms in total. The summed E-state index contributed by atoms with van der Waals surface area (Å²) in [5.41, 5.74) is 1.38. The van der Waals surface area contributed by atoms with Crippen molar-refractivity contribution >= 4 is 16.8 Å². The molecule has 0 atom stereocenters. The third kappa shape index (κ3) is 4.16. The standard InChI is InChI=1S/C21H19N5O3/c27-19(14-26-20(28)17-4-1-2-5-18(17)24-21(26)29)22-12-15-6-8-16(9-7-15)13-25-11-3-10-23-25/h1-11H,12-14H2,(H,22,27)(H,24,29). The van der Waals surface area contributed by atoms with Crippen molar-refractivity contribution in [2.75, 3.05) is 0 Å². The van der Waals surface area contributed by atoms with E-state index < -0.39 is 17.2 Å². The molecule has 0 bridgehead atoms. The van der Waals surface area contributed by atoms with Crippen LogP contribution in [-0.4, -0.2) is 25.2 Å². The topological polar surface area (TPSA) is 102 Å². The zero-order chi connectivity index (χ0) is 20.2. The summed E-state index contributed by atoms with van der Waals surface area (Å²) >= 11 is 0. The lowest BCUT2D eigenvalue weighted by atomic mass is 10.1. The van der Waals surface area contributed by atoms with Gasteiger partial charge in [-0.25, -0.2) is 4.79 Å². The number of para-hydroxylation sites is 1. The van der Waals surface area contributed by atoms with E-state index in [4.69, 9.17) is 0 Å². The highest BCUT2D eigenvalue weighted by Crippen LogP contribution is 2.06. The van der Waals surface area contributed by atoms with Crippen LogP contribution in [0.15, 0.2) is 76.6 Å². The van der Waals surface area contributed by atoms with Crippen molar-refractivity contribution in [3.8, 4) is 0 Å². The quantitative estimate of drug-likeness (QED) is 0.518. The Bertz CT molecular complexity index is 1250. The average Bonchev–Trinajstić information content (AvgIpc) is 3.24. The van der Waals surface area contributed by atoms with E-state index in [1.807, 2.05) is 41.2 Å². The number of carbonyl (C=O) groups is 1. The van der Waals surface area contributed by atoms with Gasteiger partial charge in [-0.15, -0.1) is 0 Å². The molecule has 2 aromatic carbocycles. The summed E-state index contributed by atoms with van der Waals surface area (Å²) in [5.74, 6) is -0.409. The summed E-state index contributed by atoms with van der Waals surface area (Å²) in [6, 6.07) is 16.4. The van der Waals surface area contributed by atoms with Crippen LogP contribution < -0.4 is 16.6 Å². The molecule has 2 N–H and O–H groups in total. The van der Waals surface area contributed by atoms with Gasteiger partial charge in [-0.3, -0.25) is 18.8 Å². The molecule has 1 amide bonds. The smallest absolute Gasteiger partial charge is 0.329 e. The molecule has 0 fully saturated rings. The van der Waals surface area contributed by atoms with Crippen molar-refractivity contribution < 1.29 is 4.79 Å². The largest absolute Gasteiger partial charge is 0.350 e. The number of nitrogens with one attached hydrogen (secondary N) is 2. The highest BCUT2D eigenvalue weighted by Gasteiger charge is 2.11. The second kappa shape index (κ2) is 7.97. The third-order valence-electron chi connectivity index (χ3n) is 4.61. The summed E-state index contributed by atoms with van der Waals surface area (Å²) in [5, 5.41) is 7.28. The lowest BCUT2D eigenvalue weighted by Gasteiger charge is -2.09. The van der Waals surface area contributed by atoms with Gasteiger partial charge in [-0.2, -0.15) is 5.10 Å². The van der Waals surface area contributed by atoms with Crippen molar-refractivity contribution in [1.82, 2.24) is 24.6 Å². The number of hydrogen-bond donors (Lipinski definition) is 2. The molecule has 4 rings (SSSR count). The first kappa shape index (κ1) is 18.4. The van der Waals surface area contributed by atoms with Crippen LogP contribution in [0.4, 0.5) is 0 Å². The van der Waals surface area contributed by atoms with Gasteiger partial charge in [0.25, 0.3) is 5.56 Å². The fourth-order valence-corrected chi connectivity index (χ4v) is 3.09. The number of amides is 1. The molecule has 8 heteroatoms. The Morgan fingerprint density at radius 3 is 2.52 bits per heavy atom. The van der Waals surface area contributed by atoms with Gasteiger partial charge in [0.15, 0.2) is 0 Å². The summed E-state index contributed by atoms with van der Waals surface area (Å²) in [7, 11) is 0. The number of carbonyl (C=O) groups excluding carboxylic acids is 1. The maximum Gasteiger partial charge on any atom is 0.329 e. The summed E-state index contributed by atoms with van der Waals surface area (Å²) in [6.45, 7) is 0.644. The van der Waals surface area contributed by atoms with E-state index in [1.165, 1.54) is 0 Å². The Kier molecular flexibility index (Phi) is 5.07. The fourth-order valence-electron chi connectivity index (χ4n) is 3.09. The number of H-pyrrole nitrogens is 1. The van der Waals surface area contributed by atoms with Crippen molar-refractivity contribution in [2.45, 2.75) is 19.6 Å². The Morgan fingerprint density at radius 2 is 1.76 bits per heavy atom. The number of rotatable bonds is 6. The number of benzene rings is 2. The molecule has 0 saturated carbocycles. The van der Waals surface area contributed by atoms with Gasteiger partial charge < -0.3 is 10.3 Å². The second-order valence-electron chi connectivity index (χ2n) is 6.66. The normalized spacial score (nSPS) is 10.9. The maximum absolute atomic E-state index is 12.5. The van der Waals surface area contributed by atoms with Crippen LogP contribution in [0.5, 0.6) is 0 Å². The molecular formula is C21H19N5O3.